The average molecular weight is 365 g/mol. The molecule has 3 aromatic heterocycles. The number of rotatable bonds is 5. The number of nitrogens with zero attached hydrogens (tertiary/aromatic N) is 2. The molecular formula is C17H21ClN4OS. The first-order valence-corrected chi connectivity index (χ1v) is 9.00. The molecule has 0 unspecified atom stereocenters. The number of hydrogen-bond donors (Lipinski definition) is 2. The average Bonchev–Trinajstić information content (AvgIpc) is 3.12. The third kappa shape index (κ3) is 3.88. The summed E-state index contributed by atoms with van der Waals surface area (Å²) in [6.07, 6.45) is 2.45. The number of anilines is 1. The lowest BCUT2D eigenvalue weighted by Crippen LogP contribution is -2.36. The largest absolute Gasteiger partial charge is 0.467 e. The van der Waals surface area contributed by atoms with Crippen molar-refractivity contribution in [1.82, 2.24) is 9.97 Å². The lowest BCUT2D eigenvalue weighted by molar-refractivity contribution is 0.320. The van der Waals surface area contributed by atoms with Crippen LogP contribution in [0.4, 0.5) is 5.82 Å². The number of nitrogens with two attached hydrogens (primary N) is 1. The molecule has 0 amide bonds. The maximum absolute atomic E-state index is 6.31. The van der Waals surface area contributed by atoms with Crippen LogP contribution >= 0.6 is 22.9 Å². The molecule has 7 heteroatoms. The molecule has 24 heavy (non-hydrogen) atoms. The van der Waals surface area contributed by atoms with Crippen molar-refractivity contribution in [3.8, 4) is 0 Å². The van der Waals surface area contributed by atoms with E-state index in [-0.39, 0.29) is 16.7 Å². The molecule has 0 aliphatic heterocycles. The summed E-state index contributed by atoms with van der Waals surface area (Å²) in [6.45, 7) is 7.00. The number of thiophene rings is 1. The smallest absolute Gasteiger partial charge is 0.224 e. The van der Waals surface area contributed by atoms with Crippen molar-refractivity contribution >= 4 is 39.0 Å². The second kappa shape index (κ2) is 6.70. The molecule has 0 radical (unpaired) electrons. The normalized spacial score (nSPS) is 13.4. The Balaban J connectivity index is 1.86. The second-order valence-corrected chi connectivity index (χ2v) is 8.35. The lowest BCUT2D eigenvalue weighted by atomic mass is 9.85. The Bertz CT molecular complexity index is 823. The van der Waals surface area contributed by atoms with Crippen LogP contribution in [0.25, 0.3) is 10.2 Å². The maximum atomic E-state index is 6.31. The molecule has 0 aliphatic rings. The third-order valence-corrected chi connectivity index (χ3v) is 5.26. The van der Waals surface area contributed by atoms with Crippen molar-refractivity contribution in [2.45, 2.75) is 39.8 Å². The van der Waals surface area contributed by atoms with E-state index in [1.807, 2.05) is 12.1 Å². The Morgan fingerprint density at radius 1 is 1.38 bits per heavy atom. The van der Waals surface area contributed by atoms with Crippen molar-refractivity contribution in [2.24, 2.45) is 11.1 Å². The van der Waals surface area contributed by atoms with Crippen molar-refractivity contribution in [3.05, 3.63) is 40.4 Å². The summed E-state index contributed by atoms with van der Waals surface area (Å²) in [4.78, 5) is 9.84. The zero-order chi connectivity index (χ0) is 17.3. The van der Waals surface area contributed by atoms with Gasteiger partial charge in [0.2, 0.25) is 5.28 Å². The summed E-state index contributed by atoms with van der Waals surface area (Å²) >= 11 is 7.72. The van der Waals surface area contributed by atoms with Crippen LogP contribution in [0.1, 0.15) is 31.4 Å². The van der Waals surface area contributed by atoms with Gasteiger partial charge in [0.05, 0.1) is 23.0 Å². The van der Waals surface area contributed by atoms with Crippen LogP contribution in [0, 0.1) is 5.41 Å². The molecule has 0 fully saturated rings. The van der Waals surface area contributed by atoms with Crippen LogP contribution in [0.3, 0.4) is 0 Å². The summed E-state index contributed by atoms with van der Waals surface area (Å²) in [5.74, 6) is 1.56. The SMILES string of the molecule is CC(C)(C)[C@H](N)Cc1cc2nc(Cl)nc(NCc3ccco3)c2s1. The quantitative estimate of drug-likeness (QED) is 0.653. The molecule has 1 atom stereocenters. The zero-order valence-electron chi connectivity index (χ0n) is 14.0. The molecule has 3 rings (SSSR count). The highest BCUT2D eigenvalue weighted by Gasteiger charge is 2.22. The van der Waals surface area contributed by atoms with E-state index in [0.29, 0.717) is 6.54 Å². The molecule has 5 nitrogen and oxygen atoms in total. The lowest BCUT2D eigenvalue weighted by Gasteiger charge is -2.26. The van der Waals surface area contributed by atoms with Crippen molar-refractivity contribution in [3.63, 3.8) is 0 Å². The molecule has 3 heterocycles. The van der Waals surface area contributed by atoms with Crippen molar-refractivity contribution < 1.29 is 4.42 Å². The van der Waals surface area contributed by atoms with Crippen LogP contribution < -0.4 is 11.1 Å². The number of fused-ring (bicyclic) bond motifs is 1. The van der Waals surface area contributed by atoms with Gasteiger partial charge in [-0.2, -0.15) is 4.98 Å². The first-order valence-electron chi connectivity index (χ1n) is 7.81. The molecule has 0 aliphatic carbocycles. The van der Waals surface area contributed by atoms with Crippen LogP contribution in [-0.2, 0) is 13.0 Å². The van der Waals surface area contributed by atoms with Gasteiger partial charge < -0.3 is 15.5 Å². The number of nitrogens with one attached hydrogen (secondary N) is 1. The van der Waals surface area contributed by atoms with Gasteiger partial charge in [-0.1, -0.05) is 20.8 Å². The van der Waals surface area contributed by atoms with Gasteiger partial charge >= 0.3 is 0 Å². The van der Waals surface area contributed by atoms with Crippen LogP contribution in [0.5, 0.6) is 0 Å². The van der Waals surface area contributed by atoms with E-state index in [1.165, 1.54) is 4.88 Å². The van der Waals surface area contributed by atoms with Gasteiger partial charge in [-0.25, -0.2) is 4.98 Å². The third-order valence-electron chi connectivity index (χ3n) is 3.94. The van der Waals surface area contributed by atoms with E-state index >= 15 is 0 Å². The highest BCUT2D eigenvalue weighted by atomic mass is 35.5. The summed E-state index contributed by atoms with van der Waals surface area (Å²) in [6, 6.07) is 5.90. The molecule has 0 saturated heterocycles. The van der Waals surface area contributed by atoms with Crippen LogP contribution in [0.15, 0.2) is 28.9 Å². The molecule has 3 N–H and O–H groups in total. The predicted octanol–water partition coefficient (Wildman–Crippen LogP) is 4.47. The summed E-state index contributed by atoms with van der Waals surface area (Å²) in [5, 5.41) is 3.51. The van der Waals surface area contributed by atoms with Gasteiger partial charge in [-0.05, 0) is 41.6 Å². The van der Waals surface area contributed by atoms with E-state index < -0.39 is 0 Å². The Hall–Kier alpha value is -1.63. The zero-order valence-corrected chi connectivity index (χ0v) is 15.5. The Kier molecular flexibility index (Phi) is 4.80. The minimum atomic E-state index is 0.0554. The fraction of sp³-hybridized carbons (Fsp3) is 0.412. The van der Waals surface area contributed by atoms with E-state index in [0.717, 1.165) is 28.2 Å². The Morgan fingerprint density at radius 2 is 2.17 bits per heavy atom. The van der Waals surface area contributed by atoms with Gasteiger partial charge in [-0.15, -0.1) is 11.3 Å². The van der Waals surface area contributed by atoms with Crippen molar-refractivity contribution in [2.75, 3.05) is 5.32 Å². The van der Waals surface area contributed by atoms with Crippen LogP contribution in [-0.4, -0.2) is 16.0 Å². The summed E-state index contributed by atoms with van der Waals surface area (Å²) in [7, 11) is 0. The number of aromatic nitrogens is 2. The van der Waals surface area contributed by atoms with E-state index in [4.69, 9.17) is 21.8 Å². The van der Waals surface area contributed by atoms with Crippen LogP contribution in [0.2, 0.25) is 5.28 Å². The second-order valence-electron chi connectivity index (χ2n) is 6.88. The van der Waals surface area contributed by atoms with Gasteiger partial charge in [-0.3, -0.25) is 0 Å². The molecular weight excluding hydrogens is 344 g/mol. The topological polar surface area (TPSA) is 77.0 Å². The van der Waals surface area contributed by atoms with Gasteiger partial charge in [0, 0.05) is 10.9 Å². The van der Waals surface area contributed by atoms with Gasteiger partial charge in [0.15, 0.2) is 0 Å². The monoisotopic (exact) mass is 364 g/mol. The van der Waals surface area contributed by atoms with Gasteiger partial charge in [0.1, 0.15) is 11.6 Å². The molecule has 128 valence electrons. The molecule has 0 aromatic carbocycles. The molecule has 3 aromatic rings. The predicted molar refractivity (Wildman–Crippen MR) is 99.6 cm³/mol. The Morgan fingerprint density at radius 3 is 2.83 bits per heavy atom. The van der Waals surface area contributed by atoms with E-state index in [1.54, 1.807) is 17.6 Å². The van der Waals surface area contributed by atoms with E-state index in [9.17, 15) is 0 Å². The standard InChI is InChI=1S/C17H21ClN4OS/c1-17(2,3)13(19)8-11-7-12-14(24-11)15(22-16(18)21-12)20-9-10-5-4-6-23-10/h4-7,13H,8-9,19H2,1-3H3,(H,20,21,22)/t13-/m1/s1. The maximum Gasteiger partial charge on any atom is 0.224 e. The van der Waals surface area contributed by atoms with E-state index in [2.05, 4.69) is 42.1 Å². The summed E-state index contributed by atoms with van der Waals surface area (Å²) in [5.41, 5.74) is 7.21. The summed E-state index contributed by atoms with van der Waals surface area (Å²) < 4.78 is 6.33. The molecule has 0 spiro atoms. The first-order chi connectivity index (χ1) is 11.3. The number of furan rings is 1. The first kappa shape index (κ1) is 17.2. The number of halogens is 1. The van der Waals surface area contributed by atoms with Crippen molar-refractivity contribution in [1.29, 1.82) is 0 Å². The Labute approximate surface area is 150 Å². The minimum Gasteiger partial charge on any atom is -0.467 e. The highest BCUT2D eigenvalue weighted by Crippen LogP contribution is 2.33. The number of hydrogen-bond acceptors (Lipinski definition) is 6. The fourth-order valence-corrected chi connectivity index (χ4v) is 3.57. The van der Waals surface area contributed by atoms with Gasteiger partial charge in [0.25, 0.3) is 0 Å². The fourth-order valence-electron chi connectivity index (χ4n) is 2.28. The molecule has 0 saturated carbocycles. The minimum absolute atomic E-state index is 0.0554. The highest BCUT2D eigenvalue weighted by molar-refractivity contribution is 7.19. The molecule has 0 bridgehead atoms.